The van der Waals surface area contributed by atoms with Gasteiger partial charge >= 0.3 is 5.97 Å². The van der Waals surface area contributed by atoms with Crippen LogP contribution in [0, 0.1) is 23.2 Å². The van der Waals surface area contributed by atoms with Crippen LogP contribution in [-0.2, 0) is 4.79 Å². The highest BCUT2D eigenvalue weighted by Gasteiger charge is 2.27. The van der Waals surface area contributed by atoms with Gasteiger partial charge in [0.25, 0.3) is 0 Å². The number of hydrogen-bond donors (Lipinski definition) is 0. The fraction of sp³-hybridized carbons (Fsp3) is 0.440. The Balaban J connectivity index is 1.50. The van der Waals surface area contributed by atoms with Crippen LogP contribution in [0.4, 0.5) is 0 Å². The lowest BCUT2D eigenvalue weighted by molar-refractivity contribution is -0.140. The van der Waals surface area contributed by atoms with Crippen molar-refractivity contribution in [1.82, 2.24) is 0 Å². The van der Waals surface area contributed by atoms with Crippen LogP contribution < -0.4 is 4.74 Å². The van der Waals surface area contributed by atoms with E-state index in [-0.39, 0.29) is 11.9 Å². The molecule has 2 aromatic rings. The second kappa shape index (κ2) is 10.1. The highest BCUT2D eigenvalue weighted by atomic mass is 16.5. The third-order valence-corrected chi connectivity index (χ3v) is 5.82. The zero-order valence-electron chi connectivity index (χ0n) is 16.7. The van der Waals surface area contributed by atoms with Crippen molar-refractivity contribution in [2.45, 2.75) is 58.3 Å². The number of benzene rings is 2. The molecule has 28 heavy (non-hydrogen) atoms. The molecular formula is C25H29NO2. The van der Waals surface area contributed by atoms with Gasteiger partial charge in [-0.25, -0.2) is 0 Å². The number of nitrogens with zero attached hydrogens (tertiary/aromatic N) is 1. The molecular weight excluding hydrogens is 346 g/mol. The molecule has 1 aliphatic carbocycles. The minimum Gasteiger partial charge on any atom is -0.426 e. The molecule has 0 saturated heterocycles. The number of ether oxygens (including phenoxy) is 1. The lowest BCUT2D eigenvalue weighted by atomic mass is 9.80. The average Bonchev–Trinajstić information content (AvgIpc) is 2.75. The summed E-state index contributed by atoms with van der Waals surface area (Å²) in [5.74, 6) is 1.36. The van der Waals surface area contributed by atoms with Crippen molar-refractivity contribution in [3.05, 3.63) is 54.1 Å². The summed E-state index contributed by atoms with van der Waals surface area (Å²) in [6, 6.07) is 17.2. The molecule has 3 heteroatoms. The fourth-order valence-corrected chi connectivity index (χ4v) is 4.02. The summed E-state index contributed by atoms with van der Waals surface area (Å²) in [5.41, 5.74) is 2.73. The first-order valence-corrected chi connectivity index (χ1v) is 10.5. The van der Waals surface area contributed by atoms with E-state index in [1.54, 1.807) is 0 Å². The van der Waals surface area contributed by atoms with Gasteiger partial charge in [-0.15, -0.1) is 0 Å². The van der Waals surface area contributed by atoms with Crippen molar-refractivity contribution in [3.63, 3.8) is 0 Å². The predicted molar refractivity (Wildman–Crippen MR) is 112 cm³/mol. The standard InChI is InChI=1S/C25H29NO2/c1-2-3-4-5-19-6-12-23(13-7-19)25(27)28-24-16-14-22(15-17-24)21-10-8-20(18-26)9-11-21/h8-11,14-17,19,23H,2-7,12-13H2,1H3. The Bertz CT molecular complexity index is 794. The van der Waals surface area contributed by atoms with Crippen LogP contribution in [0.5, 0.6) is 5.75 Å². The summed E-state index contributed by atoms with van der Waals surface area (Å²) in [4.78, 5) is 12.5. The highest BCUT2D eigenvalue weighted by Crippen LogP contribution is 2.33. The molecule has 1 fully saturated rings. The third-order valence-electron chi connectivity index (χ3n) is 5.82. The molecule has 0 heterocycles. The number of unbranched alkanes of at least 4 members (excludes halogenated alkanes) is 2. The second-order valence-electron chi connectivity index (χ2n) is 7.85. The molecule has 0 atom stereocenters. The maximum atomic E-state index is 12.5. The summed E-state index contributed by atoms with van der Waals surface area (Å²) in [6.07, 6.45) is 9.44. The summed E-state index contributed by atoms with van der Waals surface area (Å²) in [6.45, 7) is 2.24. The van der Waals surface area contributed by atoms with E-state index in [1.165, 1.54) is 25.7 Å². The van der Waals surface area contributed by atoms with Gasteiger partial charge in [-0.1, -0.05) is 56.9 Å². The Morgan fingerprint density at radius 1 is 0.964 bits per heavy atom. The van der Waals surface area contributed by atoms with Gasteiger partial charge in [0.2, 0.25) is 0 Å². The van der Waals surface area contributed by atoms with Crippen LogP contribution in [0.15, 0.2) is 48.5 Å². The van der Waals surface area contributed by atoms with E-state index >= 15 is 0 Å². The highest BCUT2D eigenvalue weighted by molar-refractivity contribution is 5.75. The molecule has 3 nitrogen and oxygen atoms in total. The molecule has 0 radical (unpaired) electrons. The van der Waals surface area contributed by atoms with Crippen LogP contribution in [-0.4, -0.2) is 5.97 Å². The van der Waals surface area contributed by atoms with E-state index in [2.05, 4.69) is 13.0 Å². The number of nitriles is 1. The van der Waals surface area contributed by atoms with Crippen molar-refractivity contribution >= 4 is 5.97 Å². The van der Waals surface area contributed by atoms with Crippen molar-refractivity contribution in [2.75, 3.05) is 0 Å². The zero-order valence-corrected chi connectivity index (χ0v) is 16.7. The molecule has 0 spiro atoms. The first-order valence-electron chi connectivity index (χ1n) is 10.5. The van der Waals surface area contributed by atoms with Gasteiger partial charge in [-0.05, 0) is 67.0 Å². The number of carbonyl (C=O) groups is 1. The molecule has 0 aromatic heterocycles. The Morgan fingerprint density at radius 3 is 2.14 bits per heavy atom. The van der Waals surface area contributed by atoms with Gasteiger partial charge < -0.3 is 4.74 Å². The van der Waals surface area contributed by atoms with Gasteiger partial charge in [0.05, 0.1) is 17.6 Å². The normalized spacial score (nSPS) is 19.0. The topological polar surface area (TPSA) is 50.1 Å². The first-order chi connectivity index (χ1) is 13.7. The molecule has 0 aliphatic heterocycles. The molecule has 0 N–H and O–H groups in total. The van der Waals surface area contributed by atoms with E-state index in [9.17, 15) is 4.79 Å². The monoisotopic (exact) mass is 375 g/mol. The maximum absolute atomic E-state index is 12.5. The van der Waals surface area contributed by atoms with Gasteiger partial charge in [0, 0.05) is 0 Å². The van der Waals surface area contributed by atoms with Crippen LogP contribution >= 0.6 is 0 Å². The Labute approximate surface area is 168 Å². The number of rotatable bonds is 7. The molecule has 0 unspecified atom stereocenters. The minimum absolute atomic E-state index is 0.0422. The van der Waals surface area contributed by atoms with Crippen LogP contribution in [0.1, 0.15) is 63.9 Å². The molecule has 1 aliphatic rings. The third kappa shape index (κ3) is 5.45. The SMILES string of the molecule is CCCCCC1CCC(C(=O)Oc2ccc(-c3ccc(C#N)cc3)cc2)CC1. The zero-order chi connectivity index (χ0) is 19.8. The molecule has 146 valence electrons. The van der Waals surface area contributed by atoms with Crippen molar-refractivity contribution < 1.29 is 9.53 Å². The quantitative estimate of drug-likeness (QED) is 0.314. The largest absolute Gasteiger partial charge is 0.426 e. The Morgan fingerprint density at radius 2 is 1.57 bits per heavy atom. The first kappa shape index (κ1) is 20.1. The predicted octanol–water partition coefficient (Wildman–Crippen LogP) is 6.52. The number of esters is 1. The average molecular weight is 376 g/mol. The molecule has 3 rings (SSSR count). The molecule has 0 amide bonds. The lowest BCUT2D eigenvalue weighted by Gasteiger charge is -2.27. The van der Waals surface area contributed by atoms with Gasteiger partial charge in [-0.2, -0.15) is 5.26 Å². The van der Waals surface area contributed by atoms with E-state index in [0.717, 1.165) is 42.7 Å². The van der Waals surface area contributed by atoms with Crippen molar-refractivity contribution in [1.29, 1.82) is 5.26 Å². The van der Waals surface area contributed by atoms with Crippen molar-refractivity contribution in [2.24, 2.45) is 11.8 Å². The summed E-state index contributed by atoms with van der Waals surface area (Å²) >= 11 is 0. The van der Waals surface area contributed by atoms with Crippen LogP contribution in [0.3, 0.4) is 0 Å². The number of carbonyl (C=O) groups excluding carboxylic acids is 1. The van der Waals surface area contributed by atoms with Gasteiger partial charge in [0.1, 0.15) is 5.75 Å². The van der Waals surface area contributed by atoms with Gasteiger partial charge in [-0.3, -0.25) is 4.79 Å². The number of hydrogen-bond acceptors (Lipinski definition) is 3. The van der Waals surface area contributed by atoms with Crippen LogP contribution in [0.2, 0.25) is 0 Å². The molecule has 1 saturated carbocycles. The summed E-state index contributed by atoms with van der Waals surface area (Å²) in [7, 11) is 0. The van der Waals surface area contributed by atoms with E-state index < -0.39 is 0 Å². The fourth-order valence-electron chi connectivity index (χ4n) is 4.02. The smallest absolute Gasteiger partial charge is 0.314 e. The van der Waals surface area contributed by atoms with Crippen molar-refractivity contribution in [3.8, 4) is 22.9 Å². The molecule has 2 aromatic carbocycles. The maximum Gasteiger partial charge on any atom is 0.314 e. The van der Waals surface area contributed by atoms with E-state index in [1.807, 2.05) is 48.5 Å². The minimum atomic E-state index is -0.0851. The van der Waals surface area contributed by atoms with E-state index in [4.69, 9.17) is 10.00 Å². The Hall–Kier alpha value is -2.60. The Kier molecular flexibility index (Phi) is 7.25. The summed E-state index contributed by atoms with van der Waals surface area (Å²) < 4.78 is 5.63. The van der Waals surface area contributed by atoms with Crippen LogP contribution in [0.25, 0.3) is 11.1 Å². The second-order valence-corrected chi connectivity index (χ2v) is 7.85. The van der Waals surface area contributed by atoms with E-state index in [0.29, 0.717) is 11.3 Å². The lowest BCUT2D eigenvalue weighted by Crippen LogP contribution is -2.25. The molecule has 0 bridgehead atoms. The van der Waals surface area contributed by atoms with Gasteiger partial charge in [0.15, 0.2) is 0 Å². The summed E-state index contributed by atoms with van der Waals surface area (Å²) in [5, 5.41) is 8.89.